The molecule has 0 amide bonds. The van der Waals surface area contributed by atoms with E-state index < -0.39 is 5.60 Å². The molecule has 3 saturated carbocycles. The van der Waals surface area contributed by atoms with Crippen molar-refractivity contribution in [3.63, 3.8) is 0 Å². The van der Waals surface area contributed by atoms with Gasteiger partial charge < -0.3 is 36.6 Å². The number of ether oxygens (including phenoxy) is 3. The number of hydrogen-bond acceptors (Lipinski definition) is 5. The number of halogens is 1. The van der Waals surface area contributed by atoms with Crippen molar-refractivity contribution in [2.24, 2.45) is 28.6 Å². The van der Waals surface area contributed by atoms with E-state index in [0.717, 1.165) is 68.6 Å². The maximum Gasteiger partial charge on any atom is 0.231 e. The quantitative estimate of drug-likeness (QED) is 0.492. The molecule has 8 unspecified atom stereocenters. The lowest BCUT2D eigenvalue weighted by Crippen LogP contribution is -3.10. The van der Waals surface area contributed by atoms with Crippen molar-refractivity contribution < 1.29 is 41.4 Å². The molecule has 0 radical (unpaired) electrons. The van der Waals surface area contributed by atoms with Gasteiger partial charge in [-0.25, -0.2) is 0 Å². The summed E-state index contributed by atoms with van der Waals surface area (Å²) in [6.45, 7) is 6.00. The molecule has 2 heterocycles. The Labute approximate surface area is 244 Å². The third-order valence-corrected chi connectivity index (χ3v) is 11.7. The molecule has 6 nitrogen and oxygen atoms in total. The summed E-state index contributed by atoms with van der Waals surface area (Å²) in [5.74, 6) is 11.2. The van der Waals surface area contributed by atoms with E-state index in [-0.39, 0.29) is 36.1 Å². The average Bonchev–Trinajstić information content (AvgIpc) is 3.48. The molecule has 3 fully saturated rings. The van der Waals surface area contributed by atoms with Gasteiger partial charge in [0, 0.05) is 12.8 Å². The van der Waals surface area contributed by atoms with Gasteiger partial charge in [-0.15, -0.1) is 0 Å². The Morgan fingerprint density at radius 2 is 1.95 bits per heavy atom. The van der Waals surface area contributed by atoms with Gasteiger partial charge in [-0.2, -0.15) is 0 Å². The van der Waals surface area contributed by atoms with Gasteiger partial charge in [0.2, 0.25) is 12.5 Å². The Bertz CT molecular complexity index is 1330. The number of carbonyl (C=O) groups is 1. The van der Waals surface area contributed by atoms with Gasteiger partial charge in [-0.3, -0.25) is 4.79 Å². The van der Waals surface area contributed by atoms with Gasteiger partial charge in [0.05, 0.1) is 26.3 Å². The minimum atomic E-state index is -0.977. The van der Waals surface area contributed by atoms with Crippen LogP contribution in [0, 0.1) is 40.4 Å². The zero-order valence-electron chi connectivity index (χ0n) is 24.2. The Balaban J connectivity index is 0.00000289. The second-order valence-corrected chi connectivity index (χ2v) is 13.8. The zero-order valence-corrected chi connectivity index (χ0v) is 25.0. The van der Waals surface area contributed by atoms with Gasteiger partial charge in [-0.1, -0.05) is 25.3 Å². The highest BCUT2D eigenvalue weighted by Gasteiger charge is 2.60. The summed E-state index contributed by atoms with van der Waals surface area (Å²) in [6, 6.07) is 2.00. The smallest absolute Gasteiger partial charge is 0.231 e. The number of rotatable bonds is 1. The summed E-state index contributed by atoms with van der Waals surface area (Å²) in [5.41, 5.74) is 2.95. The van der Waals surface area contributed by atoms with Gasteiger partial charge in [0.25, 0.3) is 0 Å². The van der Waals surface area contributed by atoms with Gasteiger partial charge in [0.1, 0.15) is 5.60 Å². The van der Waals surface area contributed by atoms with Crippen molar-refractivity contribution in [2.75, 3.05) is 27.5 Å². The molecule has 7 heteroatoms. The van der Waals surface area contributed by atoms with E-state index >= 15 is 0 Å². The molecule has 4 aliphatic carbocycles. The number of quaternary nitrogens is 1. The third-order valence-electron chi connectivity index (χ3n) is 11.7. The van der Waals surface area contributed by atoms with Crippen molar-refractivity contribution >= 4 is 5.78 Å². The largest absolute Gasteiger partial charge is 1.00 e. The molecule has 0 spiro atoms. The van der Waals surface area contributed by atoms with Gasteiger partial charge in [0.15, 0.2) is 23.3 Å². The molecule has 1 aromatic carbocycles. The summed E-state index contributed by atoms with van der Waals surface area (Å²) in [6.07, 6.45) is 10.6. The first-order chi connectivity index (χ1) is 18.6. The molecule has 2 aliphatic heterocycles. The predicted molar refractivity (Wildman–Crippen MR) is 147 cm³/mol. The first-order valence-corrected chi connectivity index (χ1v) is 14.9. The van der Waals surface area contributed by atoms with Crippen LogP contribution in [0.1, 0.15) is 82.4 Å². The van der Waals surface area contributed by atoms with Gasteiger partial charge in [-0.05, 0) is 97.2 Å². The van der Waals surface area contributed by atoms with E-state index in [0.29, 0.717) is 35.7 Å². The lowest BCUT2D eigenvalue weighted by molar-refractivity contribution is -0.905. The van der Waals surface area contributed by atoms with Crippen LogP contribution >= 0.6 is 0 Å². The number of carbonyl (C=O) groups excluding carboxylic acids is 1. The molecule has 6 aliphatic rings. The minimum absolute atomic E-state index is 0. The van der Waals surface area contributed by atoms with Crippen molar-refractivity contribution in [3.05, 3.63) is 28.8 Å². The maximum atomic E-state index is 12.2. The fourth-order valence-electron chi connectivity index (χ4n) is 9.70. The van der Waals surface area contributed by atoms with Crippen LogP contribution in [0.5, 0.6) is 17.2 Å². The van der Waals surface area contributed by atoms with E-state index in [1.807, 2.05) is 6.08 Å². The van der Waals surface area contributed by atoms with Crippen LogP contribution in [0.3, 0.4) is 0 Å². The fraction of sp³-hybridized carbons (Fsp3) is 0.667. The molecular formula is C33H42ClNO5. The summed E-state index contributed by atoms with van der Waals surface area (Å²) >= 11 is 0. The Kier molecular flexibility index (Phi) is 6.76. The zero-order chi connectivity index (χ0) is 27.2. The summed E-state index contributed by atoms with van der Waals surface area (Å²) < 4.78 is 17.3. The molecule has 0 bridgehead atoms. The van der Waals surface area contributed by atoms with E-state index in [9.17, 15) is 9.90 Å². The Morgan fingerprint density at radius 1 is 1.12 bits per heavy atom. The summed E-state index contributed by atoms with van der Waals surface area (Å²) in [5, 5.41) is 12.0. The van der Waals surface area contributed by atoms with E-state index in [2.05, 4.69) is 38.8 Å². The van der Waals surface area contributed by atoms with Crippen molar-refractivity contribution in [1.82, 2.24) is 0 Å². The summed E-state index contributed by atoms with van der Waals surface area (Å²) in [7, 11) is 3.87. The average molecular weight is 568 g/mol. The second kappa shape index (κ2) is 9.68. The highest BCUT2D eigenvalue weighted by atomic mass is 35.5. The molecule has 7 rings (SSSR count). The number of methoxy groups -OCH3 is 1. The molecular weight excluding hydrogens is 526 g/mol. The topological polar surface area (TPSA) is 69.4 Å². The van der Waals surface area contributed by atoms with Crippen LogP contribution in [0.15, 0.2) is 17.7 Å². The maximum absolute atomic E-state index is 12.2. The van der Waals surface area contributed by atoms with Crippen LogP contribution in [0.25, 0.3) is 0 Å². The monoisotopic (exact) mass is 567 g/mol. The third kappa shape index (κ3) is 4.10. The SMILES string of the molecule is COc1c2c(cc3c1C(C#CC1(O)CC4C5CCC6=CC(=O)CCC6(C)C5CCC4(C)C1)[NH+](C)CC3)OCO2.[Cl-]. The lowest BCUT2D eigenvalue weighted by Gasteiger charge is -2.57. The Hall–Kier alpha value is -2.20. The standard InChI is InChI=1S/C33H41NO5.ClH/c1-31-11-8-24-23(6-5-21-16-22(35)7-12-32(21,24)2)25(31)17-33(36,18-31)13-9-26-28-20(10-14-34(26)3)15-27-29(30(28)37-4)39-19-38-27;/h15-16,23-26,36H,5-8,10-12,14,17-19H2,1-4H3;1H. The number of fused-ring (bicyclic) bond motifs is 7. The molecule has 8 atom stereocenters. The number of hydrogen-bond donors (Lipinski definition) is 2. The highest BCUT2D eigenvalue weighted by Crippen LogP contribution is 2.66. The molecule has 40 heavy (non-hydrogen) atoms. The highest BCUT2D eigenvalue weighted by molar-refractivity contribution is 5.91. The number of ketones is 1. The van der Waals surface area contributed by atoms with E-state index in [1.54, 1.807) is 7.11 Å². The van der Waals surface area contributed by atoms with E-state index in [4.69, 9.17) is 14.2 Å². The second-order valence-electron chi connectivity index (χ2n) is 13.8. The number of benzene rings is 1. The first kappa shape index (κ1) is 27.9. The van der Waals surface area contributed by atoms with Crippen molar-refractivity contribution in [3.8, 4) is 29.1 Å². The van der Waals surface area contributed by atoms with Crippen molar-refractivity contribution in [1.29, 1.82) is 0 Å². The normalized spacial score (nSPS) is 40.8. The first-order valence-electron chi connectivity index (χ1n) is 14.9. The van der Waals surface area contributed by atoms with Crippen LogP contribution in [-0.4, -0.2) is 44.0 Å². The summed E-state index contributed by atoms with van der Waals surface area (Å²) in [4.78, 5) is 13.5. The van der Waals surface area contributed by atoms with Crippen LogP contribution in [0.2, 0.25) is 0 Å². The van der Waals surface area contributed by atoms with Crippen LogP contribution in [-0.2, 0) is 11.2 Å². The lowest BCUT2D eigenvalue weighted by atomic mass is 9.47. The number of allylic oxidation sites excluding steroid dienone is 1. The van der Waals surface area contributed by atoms with E-state index in [1.165, 1.54) is 22.5 Å². The minimum Gasteiger partial charge on any atom is -1.00 e. The molecule has 216 valence electrons. The fourth-order valence-corrected chi connectivity index (χ4v) is 9.70. The molecule has 0 saturated heterocycles. The Morgan fingerprint density at radius 3 is 2.75 bits per heavy atom. The van der Waals surface area contributed by atoms with Crippen molar-refractivity contribution in [2.45, 2.75) is 83.3 Å². The molecule has 1 aromatic rings. The predicted octanol–water partition coefficient (Wildman–Crippen LogP) is 0.806. The number of likely N-dealkylation sites (N-methyl/N-ethyl adjacent to an activating group) is 1. The van der Waals surface area contributed by atoms with Gasteiger partial charge >= 0.3 is 0 Å². The molecule has 2 N–H and O–H groups in total. The van der Waals surface area contributed by atoms with Crippen LogP contribution in [0.4, 0.5) is 0 Å². The number of aliphatic hydroxyl groups is 1. The van der Waals surface area contributed by atoms with Crippen LogP contribution < -0.4 is 31.5 Å². The number of nitrogens with one attached hydrogen (secondary N) is 1. The molecule has 0 aromatic heterocycles.